The molecule has 0 bridgehead atoms. The fraction of sp³-hybridized carbons (Fsp3) is 0.320. The molecule has 0 radical (unpaired) electrons. The standard InChI is InChI=1S/C25H24F3N3O3/c1-24(2)11-17-20(18(32)12-24)19(14-7-6-10-30-13-14)21(23(33)34-3)22(29)31(17)16-9-5-4-8-15(16)25(26,27)28/h4-10,13,19H,11-12,29H2,1-3H3/t19-/m1/s1. The number of rotatable bonds is 3. The number of esters is 1. The molecule has 0 amide bonds. The Hall–Kier alpha value is -3.62. The average Bonchev–Trinajstić information content (AvgIpc) is 2.77. The van der Waals surface area contributed by atoms with Crippen LogP contribution in [0.1, 0.15) is 43.7 Å². The number of aromatic nitrogens is 1. The second kappa shape index (κ2) is 8.30. The zero-order valence-electron chi connectivity index (χ0n) is 18.9. The summed E-state index contributed by atoms with van der Waals surface area (Å²) in [6, 6.07) is 8.32. The van der Waals surface area contributed by atoms with Gasteiger partial charge in [0.25, 0.3) is 0 Å². The zero-order valence-corrected chi connectivity index (χ0v) is 18.9. The van der Waals surface area contributed by atoms with Gasteiger partial charge in [-0.3, -0.25) is 14.7 Å². The molecule has 0 saturated carbocycles. The molecular weight excluding hydrogens is 447 g/mol. The van der Waals surface area contributed by atoms with Crippen molar-refractivity contribution < 1.29 is 27.5 Å². The van der Waals surface area contributed by atoms with Crippen molar-refractivity contribution in [2.75, 3.05) is 12.0 Å². The van der Waals surface area contributed by atoms with E-state index in [0.717, 1.165) is 13.2 Å². The molecule has 0 saturated heterocycles. The number of ether oxygens (including phenoxy) is 1. The van der Waals surface area contributed by atoms with E-state index in [4.69, 9.17) is 10.5 Å². The second-order valence-corrected chi connectivity index (χ2v) is 9.16. The fourth-order valence-corrected chi connectivity index (χ4v) is 4.78. The Morgan fingerprint density at radius 2 is 1.88 bits per heavy atom. The molecule has 9 heteroatoms. The van der Waals surface area contributed by atoms with Crippen LogP contribution in [0.3, 0.4) is 0 Å². The van der Waals surface area contributed by atoms with E-state index in [1.165, 1.54) is 29.3 Å². The molecule has 1 aromatic heterocycles. The lowest BCUT2D eigenvalue weighted by atomic mass is 9.68. The summed E-state index contributed by atoms with van der Waals surface area (Å²) in [6.07, 6.45) is -1.17. The highest BCUT2D eigenvalue weighted by Crippen LogP contribution is 2.51. The van der Waals surface area contributed by atoms with Gasteiger partial charge in [0, 0.05) is 30.1 Å². The molecule has 1 aromatic carbocycles. The number of hydrogen-bond donors (Lipinski definition) is 1. The number of carbonyl (C=O) groups is 2. The van der Waals surface area contributed by atoms with E-state index < -0.39 is 29.0 Å². The third-order valence-corrected chi connectivity index (χ3v) is 6.13. The first-order valence-corrected chi connectivity index (χ1v) is 10.7. The predicted octanol–water partition coefficient (Wildman–Crippen LogP) is 4.69. The molecule has 4 rings (SSSR count). The number of para-hydroxylation sites is 1. The van der Waals surface area contributed by atoms with Crippen molar-refractivity contribution in [3.05, 3.63) is 82.6 Å². The Morgan fingerprint density at radius 1 is 1.18 bits per heavy atom. The maximum absolute atomic E-state index is 14.0. The summed E-state index contributed by atoms with van der Waals surface area (Å²) >= 11 is 0. The fourth-order valence-electron chi connectivity index (χ4n) is 4.78. The van der Waals surface area contributed by atoms with Gasteiger partial charge < -0.3 is 10.5 Å². The maximum Gasteiger partial charge on any atom is 0.418 e. The molecule has 6 nitrogen and oxygen atoms in total. The van der Waals surface area contributed by atoms with Crippen LogP contribution >= 0.6 is 0 Å². The second-order valence-electron chi connectivity index (χ2n) is 9.16. The lowest BCUT2D eigenvalue weighted by Crippen LogP contribution is -2.44. The molecule has 0 fully saturated rings. The van der Waals surface area contributed by atoms with E-state index in [0.29, 0.717) is 11.3 Å². The monoisotopic (exact) mass is 471 g/mol. The third kappa shape index (κ3) is 3.95. The molecule has 1 aliphatic heterocycles. The number of methoxy groups -OCH3 is 1. The van der Waals surface area contributed by atoms with Gasteiger partial charge >= 0.3 is 12.1 Å². The molecule has 0 unspecified atom stereocenters. The highest BCUT2D eigenvalue weighted by molar-refractivity contribution is 6.05. The van der Waals surface area contributed by atoms with Crippen molar-refractivity contribution in [1.82, 2.24) is 4.98 Å². The van der Waals surface area contributed by atoms with Crippen LogP contribution in [0.4, 0.5) is 18.9 Å². The van der Waals surface area contributed by atoms with Crippen LogP contribution in [0.25, 0.3) is 0 Å². The van der Waals surface area contributed by atoms with Gasteiger partial charge in [0.2, 0.25) is 0 Å². The Balaban J connectivity index is 2.08. The molecular formula is C25H24F3N3O3. The number of hydrogen-bond acceptors (Lipinski definition) is 6. The van der Waals surface area contributed by atoms with Crippen molar-refractivity contribution in [2.24, 2.45) is 11.1 Å². The van der Waals surface area contributed by atoms with Crippen molar-refractivity contribution in [2.45, 2.75) is 38.8 Å². The molecule has 1 aliphatic carbocycles. The van der Waals surface area contributed by atoms with E-state index in [2.05, 4.69) is 4.98 Å². The summed E-state index contributed by atoms with van der Waals surface area (Å²) in [5, 5.41) is 0. The number of nitrogens with two attached hydrogens (primary N) is 1. The van der Waals surface area contributed by atoms with Crippen molar-refractivity contribution in [3.8, 4) is 0 Å². The third-order valence-electron chi connectivity index (χ3n) is 6.13. The number of Topliss-reactive ketones (excluding diaryl/α,β-unsaturated/α-hetero) is 1. The Labute approximate surface area is 194 Å². The largest absolute Gasteiger partial charge is 0.466 e. The molecule has 2 aromatic rings. The first kappa shape index (κ1) is 23.5. The average molecular weight is 471 g/mol. The topological polar surface area (TPSA) is 85.5 Å². The quantitative estimate of drug-likeness (QED) is 0.654. The van der Waals surface area contributed by atoms with Crippen LogP contribution in [0, 0.1) is 5.41 Å². The van der Waals surface area contributed by atoms with Crippen LogP contribution in [-0.4, -0.2) is 23.8 Å². The van der Waals surface area contributed by atoms with Gasteiger partial charge in [0.1, 0.15) is 5.82 Å². The van der Waals surface area contributed by atoms with Crippen LogP contribution < -0.4 is 10.6 Å². The van der Waals surface area contributed by atoms with Gasteiger partial charge in [-0.1, -0.05) is 32.0 Å². The predicted molar refractivity (Wildman–Crippen MR) is 119 cm³/mol. The minimum atomic E-state index is -4.68. The molecule has 1 atom stereocenters. The number of nitrogens with zero attached hydrogens (tertiary/aromatic N) is 2. The van der Waals surface area contributed by atoms with Crippen LogP contribution in [-0.2, 0) is 20.5 Å². The lowest BCUT2D eigenvalue weighted by Gasteiger charge is -2.44. The van der Waals surface area contributed by atoms with E-state index in [-0.39, 0.29) is 41.3 Å². The number of allylic oxidation sites excluding steroid dienone is 2. The first-order chi connectivity index (χ1) is 16.0. The lowest BCUT2D eigenvalue weighted by molar-refractivity contribution is -0.137. The number of halogens is 3. The van der Waals surface area contributed by atoms with Gasteiger partial charge in [0.05, 0.1) is 29.9 Å². The zero-order chi connectivity index (χ0) is 24.8. The Kier molecular flexibility index (Phi) is 5.75. The number of anilines is 1. The molecule has 2 aliphatic rings. The highest BCUT2D eigenvalue weighted by Gasteiger charge is 2.48. The Bertz CT molecular complexity index is 1220. The number of carbonyl (C=O) groups excluding carboxylic acids is 2. The summed E-state index contributed by atoms with van der Waals surface area (Å²) in [4.78, 5) is 31.8. The summed E-state index contributed by atoms with van der Waals surface area (Å²) in [5.41, 5.74) is 5.79. The van der Waals surface area contributed by atoms with Gasteiger partial charge in [-0.05, 0) is 35.6 Å². The van der Waals surface area contributed by atoms with Crippen molar-refractivity contribution in [3.63, 3.8) is 0 Å². The number of ketones is 1. The van der Waals surface area contributed by atoms with Crippen LogP contribution in [0.15, 0.2) is 71.5 Å². The van der Waals surface area contributed by atoms with E-state index in [1.807, 2.05) is 13.8 Å². The first-order valence-electron chi connectivity index (χ1n) is 10.7. The van der Waals surface area contributed by atoms with E-state index >= 15 is 0 Å². The number of benzene rings is 1. The minimum Gasteiger partial charge on any atom is -0.466 e. The SMILES string of the molecule is COC(=O)C1=C(N)N(c2ccccc2C(F)(F)F)C2=C(C(=O)CC(C)(C)C2)[C@H]1c1cccnc1. The Morgan fingerprint density at radius 3 is 2.50 bits per heavy atom. The summed E-state index contributed by atoms with van der Waals surface area (Å²) in [6.45, 7) is 3.74. The highest BCUT2D eigenvalue weighted by atomic mass is 19.4. The van der Waals surface area contributed by atoms with Gasteiger partial charge in [-0.25, -0.2) is 4.79 Å². The van der Waals surface area contributed by atoms with Gasteiger partial charge in [-0.15, -0.1) is 0 Å². The smallest absolute Gasteiger partial charge is 0.418 e. The number of pyridine rings is 1. The summed E-state index contributed by atoms with van der Waals surface area (Å²) in [5.74, 6) is -2.20. The van der Waals surface area contributed by atoms with Crippen molar-refractivity contribution in [1.29, 1.82) is 0 Å². The molecule has 2 N–H and O–H groups in total. The molecule has 2 heterocycles. The van der Waals surface area contributed by atoms with E-state index in [1.54, 1.807) is 18.3 Å². The number of alkyl halides is 3. The van der Waals surface area contributed by atoms with Gasteiger partial charge in [-0.2, -0.15) is 13.2 Å². The minimum absolute atomic E-state index is 0.0979. The maximum atomic E-state index is 14.0. The van der Waals surface area contributed by atoms with Gasteiger partial charge in [0.15, 0.2) is 5.78 Å². The van der Waals surface area contributed by atoms with Crippen LogP contribution in [0.5, 0.6) is 0 Å². The molecule has 0 spiro atoms. The normalized spacial score (nSPS) is 20.4. The summed E-state index contributed by atoms with van der Waals surface area (Å²) in [7, 11) is 1.16. The van der Waals surface area contributed by atoms with Crippen molar-refractivity contribution >= 4 is 17.4 Å². The van der Waals surface area contributed by atoms with E-state index in [9.17, 15) is 22.8 Å². The summed E-state index contributed by atoms with van der Waals surface area (Å²) < 4.78 is 46.9. The van der Waals surface area contributed by atoms with Crippen LogP contribution in [0.2, 0.25) is 0 Å². The molecule has 178 valence electrons. The molecule has 34 heavy (non-hydrogen) atoms.